The van der Waals surface area contributed by atoms with Crippen LogP contribution in [0.4, 0.5) is 13.2 Å². The summed E-state index contributed by atoms with van der Waals surface area (Å²) in [7, 11) is 0. The van der Waals surface area contributed by atoms with E-state index in [2.05, 4.69) is 4.74 Å². The summed E-state index contributed by atoms with van der Waals surface area (Å²) in [6.45, 7) is 0.0461. The molecule has 1 atom stereocenters. The van der Waals surface area contributed by atoms with Crippen molar-refractivity contribution in [1.82, 2.24) is 5.32 Å². The lowest BCUT2D eigenvalue weighted by atomic mass is 10.2. The molecule has 1 aromatic rings. The molecular weight excluding hydrogens is 307 g/mol. The molecule has 0 radical (unpaired) electrons. The molecule has 0 aliphatic rings. The SMILES string of the molecule is CCOC(=O)[C@@](O)(NC(=O)COc1ccccc1)C(F)(F)F. The second kappa shape index (κ2) is 7.12. The molecule has 1 aromatic carbocycles. The Balaban J connectivity index is 2.73. The Labute approximate surface area is 123 Å². The van der Waals surface area contributed by atoms with E-state index < -0.39 is 37.0 Å². The molecule has 2 N–H and O–H groups in total. The molecule has 9 heteroatoms. The highest BCUT2D eigenvalue weighted by Crippen LogP contribution is 2.29. The van der Waals surface area contributed by atoms with Gasteiger partial charge in [-0.3, -0.25) is 4.79 Å². The number of nitrogens with one attached hydrogen (secondary N) is 1. The Kier molecular flexibility index (Phi) is 5.75. The van der Waals surface area contributed by atoms with Crippen LogP contribution in [0.15, 0.2) is 30.3 Å². The van der Waals surface area contributed by atoms with Crippen molar-refractivity contribution in [3.8, 4) is 5.75 Å². The van der Waals surface area contributed by atoms with Crippen LogP contribution in [0.25, 0.3) is 0 Å². The van der Waals surface area contributed by atoms with Crippen LogP contribution >= 0.6 is 0 Å². The average Bonchev–Trinajstić information content (AvgIpc) is 2.45. The topological polar surface area (TPSA) is 84.9 Å². The van der Waals surface area contributed by atoms with E-state index in [1.165, 1.54) is 24.4 Å². The first-order valence-electron chi connectivity index (χ1n) is 6.16. The molecule has 1 rings (SSSR count). The fourth-order valence-electron chi connectivity index (χ4n) is 1.38. The molecule has 6 nitrogen and oxygen atoms in total. The van der Waals surface area contributed by atoms with Crippen LogP contribution < -0.4 is 10.1 Å². The maximum Gasteiger partial charge on any atom is 0.448 e. The van der Waals surface area contributed by atoms with Gasteiger partial charge in [0.1, 0.15) is 5.75 Å². The van der Waals surface area contributed by atoms with Crippen LogP contribution in [0.5, 0.6) is 5.75 Å². The number of rotatable bonds is 6. The van der Waals surface area contributed by atoms with E-state index in [0.717, 1.165) is 0 Å². The first-order chi connectivity index (χ1) is 10.2. The standard InChI is InChI=1S/C13H14F3NO5/c1-2-21-11(19)12(20,13(14,15)16)17-10(18)8-22-9-6-4-3-5-7-9/h3-7,20H,2,8H2,1H3,(H,17,18)/t12-/m0/s1. The molecule has 0 fully saturated rings. The van der Waals surface area contributed by atoms with Gasteiger partial charge in [0.15, 0.2) is 6.61 Å². The Morgan fingerprint density at radius 1 is 1.23 bits per heavy atom. The number of hydrogen-bond donors (Lipinski definition) is 2. The van der Waals surface area contributed by atoms with Crippen molar-refractivity contribution in [2.45, 2.75) is 18.8 Å². The third-order valence-corrected chi connectivity index (χ3v) is 2.41. The summed E-state index contributed by atoms with van der Waals surface area (Å²) in [6.07, 6.45) is -5.44. The number of alkyl halides is 3. The normalized spacial score (nSPS) is 13.9. The first kappa shape index (κ1) is 17.8. The van der Waals surface area contributed by atoms with Crippen molar-refractivity contribution < 1.29 is 37.3 Å². The maximum atomic E-state index is 12.8. The lowest BCUT2D eigenvalue weighted by Crippen LogP contribution is -2.65. The minimum Gasteiger partial charge on any atom is -0.484 e. The summed E-state index contributed by atoms with van der Waals surface area (Å²) >= 11 is 0. The Morgan fingerprint density at radius 3 is 2.32 bits per heavy atom. The van der Waals surface area contributed by atoms with Crippen molar-refractivity contribution >= 4 is 11.9 Å². The number of halogens is 3. The molecule has 0 saturated carbocycles. The van der Waals surface area contributed by atoms with Crippen molar-refractivity contribution in [1.29, 1.82) is 0 Å². The molecule has 22 heavy (non-hydrogen) atoms. The maximum absolute atomic E-state index is 12.8. The minimum atomic E-state index is -5.44. The van der Waals surface area contributed by atoms with E-state index >= 15 is 0 Å². The van der Waals surface area contributed by atoms with E-state index in [1.54, 1.807) is 18.2 Å². The fourth-order valence-corrected chi connectivity index (χ4v) is 1.38. The van der Waals surface area contributed by atoms with E-state index in [1.807, 2.05) is 0 Å². The highest BCUT2D eigenvalue weighted by molar-refractivity contribution is 5.88. The fraction of sp³-hybridized carbons (Fsp3) is 0.385. The minimum absolute atomic E-state index is 0.240. The molecule has 0 aliphatic carbocycles. The van der Waals surface area contributed by atoms with Crippen LogP contribution in [0.1, 0.15) is 6.92 Å². The lowest BCUT2D eigenvalue weighted by molar-refractivity contribution is -0.271. The van der Waals surface area contributed by atoms with E-state index in [4.69, 9.17) is 4.74 Å². The number of esters is 1. The summed E-state index contributed by atoms with van der Waals surface area (Å²) in [5.74, 6) is -3.11. The van der Waals surface area contributed by atoms with Crippen molar-refractivity contribution in [2.24, 2.45) is 0 Å². The second-order valence-electron chi connectivity index (χ2n) is 4.08. The Morgan fingerprint density at radius 2 is 1.82 bits per heavy atom. The smallest absolute Gasteiger partial charge is 0.448 e. The number of amides is 1. The van der Waals surface area contributed by atoms with Crippen LogP contribution in [-0.2, 0) is 14.3 Å². The number of carbonyl (C=O) groups is 2. The molecule has 0 saturated heterocycles. The van der Waals surface area contributed by atoms with Gasteiger partial charge in [-0.2, -0.15) is 13.2 Å². The Bertz CT molecular complexity index is 520. The van der Waals surface area contributed by atoms with Gasteiger partial charge in [0.25, 0.3) is 5.91 Å². The van der Waals surface area contributed by atoms with Gasteiger partial charge < -0.3 is 19.9 Å². The van der Waals surface area contributed by atoms with Gasteiger partial charge in [0.2, 0.25) is 0 Å². The quantitative estimate of drug-likeness (QED) is 0.603. The Hall–Kier alpha value is -2.29. The van der Waals surface area contributed by atoms with Crippen molar-refractivity contribution in [3.63, 3.8) is 0 Å². The van der Waals surface area contributed by atoms with Gasteiger partial charge >= 0.3 is 17.9 Å². The second-order valence-corrected chi connectivity index (χ2v) is 4.08. The summed E-state index contributed by atoms with van der Waals surface area (Å²) < 4.78 is 47.4. The molecule has 0 spiro atoms. The lowest BCUT2D eigenvalue weighted by Gasteiger charge is -2.28. The van der Waals surface area contributed by atoms with Crippen LogP contribution in [0.2, 0.25) is 0 Å². The number of hydrogen-bond acceptors (Lipinski definition) is 5. The van der Waals surface area contributed by atoms with Crippen molar-refractivity contribution in [2.75, 3.05) is 13.2 Å². The number of ether oxygens (including phenoxy) is 2. The predicted molar refractivity (Wildman–Crippen MR) is 67.7 cm³/mol. The summed E-state index contributed by atoms with van der Waals surface area (Å²) in [4.78, 5) is 22.8. The highest BCUT2D eigenvalue weighted by Gasteiger charge is 2.62. The van der Waals surface area contributed by atoms with Crippen LogP contribution in [0, 0.1) is 0 Å². The van der Waals surface area contributed by atoms with E-state index in [0.29, 0.717) is 0 Å². The van der Waals surface area contributed by atoms with Gasteiger partial charge in [-0.1, -0.05) is 18.2 Å². The molecular formula is C13H14F3NO5. The zero-order chi connectivity index (χ0) is 16.8. The van der Waals surface area contributed by atoms with E-state index in [-0.39, 0.29) is 5.75 Å². The van der Waals surface area contributed by atoms with Gasteiger partial charge in [0, 0.05) is 0 Å². The van der Waals surface area contributed by atoms with Gasteiger partial charge in [-0.05, 0) is 19.1 Å². The third kappa shape index (κ3) is 4.35. The summed E-state index contributed by atoms with van der Waals surface area (Å²) in [5.41, 5.74) is -4.12. The monoisotopic (exact) mass is 321 g/mol. The van der Waals surface area contributed by atoms with Gasteiger partial charge in [0.05, 0.1) is 6.61 Å². The zero-order valence-electron chi connectivity index (χ0n) is 11.5. The molecule has 1 amide bonds. The molecule has 122 valence electrons. The van der Waals surface area contributed by atoms with Gasteiger partial charge in [-0.15, -0.1) is 0 Å². The highest BCUT2D eigenvalue weighted by atomic mass is 19.4. The molecule has 0 bridgehead atoms. The third-order valence-electron chi connectivity index (χ3n) is 2.41. The number of para-hydroxylation sites is 1. The molecule has 0 aromatic heterocycles. The summed E-state index contributed by atoms with van der Waals surface area (Å²) in [5, 5.41) is 10.6. The average molecular weight is 321 g/mol. The number of benzene rings is 1. The predicted octanol–water partition coefficient (Wildman–Crippen LogP) is 0.996. The largest absolute Gasteiger partial charge is 0.484 e. The summed E-state index contributed by atoms with van der Waals surface area (Å²) in [6, 6.07) is 7.83. The van der Waals surface area contributed by atoms with E-state index in [9.17, 15) is 27.9 Å². The molecule has 0 unspecified atom stereocenters. The zero-order valence-corrected chi connectivity index (χ0v) is 11.5. The number of aliphatic hydroxyl groups is 1. The van der Waals surface area contributed by atoms with Gasteiger partial charge in [-0.25, -0.2) is 4.79 Å². The van der Waals surface area contributed by atoms with Crippen LogP contribution in [-0.4, -0.2) is 42.1 Å². The number of carbonyl (C=O) groups excluding carboxylic acids is 2. The van der Waals surface area contributed by atoms with Crippen LogP contribution in [0.3, 0.4) is 0 Å². The first-order valence-corrected chi connectivity index (χ1v) is 6.16. The molecule has 0 heterocycles. The van der Waals surface area contributed by atoms with Crippen molar-refractivity contribution in [3.05, 3.63) is 30.3 Å². The molecule has 0 aliphatic heterocycles.